The number of hydrogen-bond acceptors (Lipinski definition) is 1. The zero-order chi connectivity index (χ0) is 14.7. The Hall–Kier alpha value is -1.99. The lowest BCUT2D eigenvalue weighted by molar-refractivity contribution is 0.305. The van der Waals surface area contributed by atoms with Crippen molar-refractivity contribution in [2.75, 3.05) is 0 Å². The van der Waals surface area contributed by atoms with Gasteiger partial charge >= 0.3 is 0 Å². The number of benzene rings is 3. The molecule has 3 aromatic carbocycles. The van der Waals surface area contributed by atoms with Crippen LogP contribution >= 0.6 is 11.6 Å². The Bertz CT molecular complexity index is 759. The maximum atomic E-state index is 6.00. The Morgan fingerprint density at radius 2 is 1.71 bits per heavy atom. The standard InChI is InChI=1S/C19H17ClO/c1-14-9-10-19(17(11-14)12-20)21-13-16-7-4-6-15-5-2-3-8-18(15)16/h2-11H,12-13H2,1H3. The Labute approximate surface area is 130 Å². The summed E-state index contributed by atoms with van der Waals surface area (Å²) in [5.41, 5.74) is 3.43. The van der Waals surface area contributed by atoms with Crippen LogP contribution in [-0.4, -0.2) is 0 Å². The largest absolute Gasteiger partial charge is 0.489 e. The van der Waals surface area contributed by atoms with Gasteiger partial charge in [-0.3, -0.25) is 0 Å². The summed E-state index contributed by atoms with van der Waals surface area (Å²) in [6, 6.07) is 20.8. The quantitative estimate of drug-likeness (QED) is 0.580. The van der Waals surface area contributed by atoms with Crippen LogP contribution in [0.1, 0.15) is 16.7 Å². The third-order valence-electron chi connectivity index (χ3n) is 3.62. The van der Waals surface area contributed by atoms with Crippen LogP contribution in [0.2, 0.25) is 0 Å². The normalized spacial score (nSPS) is 10.8. The monoisotopic (exact) mass is 296 g/mol. The third kappa shape index (κ3) is 3.03. The van der Waals surface area contributed by atoms with E-state index < -0.39 is 0 Å². The number of fused-ring (bicyclic) bond motifs is 1. The summed E-state index contributed by atoms with van der Waals surface area (Å²) < 4.78 is 5.99. The molecule has 21 heavy (non-hydrogen) atoms. The minimum atomic E-state index is 0.465. The second-order valence-corrected chi connectivity index (χ2v) is 5.44. The molecule has 0 saturated heterocycles. The SMILES string of the molecule is Cc1ccc(OCc2cccc3ccccc23)c(CCl)c1. The fraction of sp³-hybridized carbons (Fsp3) is 0.158. The van der Waals surface area contributed by atoms with Crippen molar-refractivity contribution in [1.82, 2.24) is 0 Å². The minimum absolute atomic E-state index is 0.465. The van der Waals surface area contributed by atoms with Crippen LogP contribution in [0.25, 0.3) is 10.8 Å². The lowest BCUT2D eigenvalue weighted by Gasteiger charge is -2.12. The summed E-state index contributed by atoms with van der Waals surface area (Å²) in [5.74, 6) is 1.33. The summed E-state index contributed by atoms with van der Waals surface area (Å²) in [5, 5.41) is 2.47. The molecule has 0 unspecified atom stereocenters. The first kappa shape index (κ1) is 14.0. The van der Waals surface area contributed by atoms with Gasteiger partial charge in [0, 0.05) is 5.56 Å². The fourth-order valence-electron chi connectivity index (χ4n) is 2.53. The van der Waals surface area contributed by atoms with Crippen molar-refractivity contribution in [3.8, 4) is 5.75 Å². The van der Waals surface area contributed by atoms with Gasteiger partial charge in [0.2, 0.25) is 0 Å². The first-order chi connectivity index (χ1) is 10.3. The molecule has 0 saturated carbocycles. The molecule has 0 heterocycles. The highest BCUT2D eigenvalue weighted by atomic mass is 35.5. The smallest absolute Gasteiger partial charge is 0.124 e. The molecule has 1 nitrogen and oxygen atoms in total. The molecule has 106 valence electrons. The van der Waals surface area contributed by atoms with E-state index in [0.717, 1.165) is 11.3 Å². The summed E-state index contributed by atoms with van der Waals surface area (Å²) in [6.07, 6.45) is 0. The zero-order valence-electron chi connectivity index (χ0n) is 12.0. The molecule has 0 atom stereocenters. The molecule has 0 aliphatic rings. The summed E-state index contributed by atoms with van der Waals surface area (Å²) in [6.45, 7) is 2.61. The zero-order valence-corrected chi connectivity index (χ0v) is 12.7. The van der Waals surface area contributed by atoms with Gasteiger partial charge in [0.1, 0.15) is 12.4 Å². The van der Waals surface area contributed by atoms with E-state index in [-0.39, 0.29) is 0 Å². The van der Waals surface area contributed by atoms with Gasteiger partial charge in [0.15, 0.2) is 0 Å². The van der Waals surface area contributed by atoms with Crippen molar-refractivity contribution in [2.45, 2.75) is 19.4 Å². The molecule has 0 bridgehead atoms. The van der Waals surface area contributed by atoms with Crippen LogP contribution in [0.3, 0.4) is 0 Å². The first-order valence-electron chi connectivity index (χ1n) is 7.03. The molecule has 0 aromatic heterocycles. The van der Waals surface area contributed by atoms with E-state index in [1.807, 2.05) is 6.07 Å². The fourth-order valence-corrected chi connectivity index (χ4v) is 2.74. The van der Waals surface area contributed by atoms with Crippen molar-refractivity contribution < 1.29 is 4.74 Å². The summed E-state index contributed by atoms with van der Waals surface area (Å²) in [4.78, 5) is 0. The molecule has 0 aliphatic heterocycles. The maximum absolute atomic E-state index is 6.00. The van der Waals surface area contributed by atoms with Gasteiger partial charge in [-0.25, -0.2) is 0 Å². The molecule has 0 spiro atoms. The van der Waals surface area contributed by atoms with E-state index in [4.69, 9.17) is 16.3 Å². The molecule has 0 N–H and O–H groups in total. The molecule has 0 aliphatic carbocycles. The Kier molecular flexibility index (Phi) is 4.12. The molecule has 0 fully saturated rings. The van der Waals surface area contributed by atoms with Gasteiger partial charge in [-0.1, -0.05) is 60.2 Å². The van der Waals surface area contributed by atoms with E-state index in [0.29, 0.717) is 12.5 Å². The molecular formula is C19H17ClO. The topological polar surface area (TPSA) is 9.23 Å². The Morgan fingerprint density at radius 3 is 2.57 bits per heavy atom. The third-order valence-corrected chi connectivity index (χ3v) is 3.91. The summed E-state index contributed by atoms with van der Waals surface area (Å²) in [7, 11) is 0. The average molecular weight is 297 g/mol. The second-order valence-electron chi connectivity index (χ2n) is 5.17. The molecule has 0 amide bonds. The molecule has 0 radical (unpaired) electrons. The van der Waals surface area contributed by atoms with Crippen LogP contribution < -0.4 is 4.74 Å². The van der Waals surface area contributed by atoms with Crippen LogP contribution in [0.5, 0.6) is 5.75 Å². The molecule has 3 aromatic rings. The second kappa shape index (κ2) is 6.19. The number of rotatable bonds is 4. The van der Waals surface area contributed by atoms with E-state index in [9.17, 15) is 0 Å². The molecule has 2 heteroatoms. The highest BCUT2D eigenvalue weighted by Crippen LogP contribution is 2.25. The van der Waals surface area contributed by atoms with Crippen molar-refractivity contribution in [3.63, 3.8) is 0 Å². The molecule has 3 rings (SSSR count). The number of alkyl halides is 1. The van der Waals surface area contributed by atoms with Crippen molar-refractivity contribution in [2.24, 2.45) is 0 Å². The van der Waals surface area contributed by atoms with Gasteiger partial charge in [-0.15, -0.1) is 11.6 Å². The van der Waals surface area contributed by atoms with E-state index in [2.05, 4.69) is 61.5 Å². The average Bonchev–Trinajstić information content (AvgIpc) is 2.53. The van der Waals surface area contributed by atoms with E-state index in [1.165, 1.54) is 21.9 Å². The number of ether oxygens (including phenoxy) is 1. The maximum Gasteiger partial charge on any atom is 0.124 e. The van der Waals surface area contributed by atoms with Gasteiger partial charge in [-0.2, -0.15) is 0 Å². The van der Waals surface area contributed by atoms with E-state index >= 15 is 0 Å². The highest BCUT2D eigenvalue weighted by Gasteiger charge is 2.05. The van der Waals surface area contributed by atoms with Crippen molar-refractivity contribution in [3.05, 3.63) is 77.4 Å². The van der Waals surface area contributed by atoms with Crippen LogP contribution in [0.15, 0.2) is 60.7 Å². The van der Waals surface area contributed by atoms with Gasteiger partial charge in [0.25, 0.3) is 0 Å². The predicted octanol–water partition coefficient (Wildman–Crippen LogP) is 5.47. The van der Waals surface area contributed by atoms with Crippen molar-refractivity contribution in [1.29, 1.82) is 0 Å². The minimum Gasteiger partial charge on any atom is -0.489 e. The van der Waals surface area contributed by atoms with E-state index in [1.54, 1.807) is 0 Å². The Morgan fingerprint density at radius 1 is 0.905 bits per heavy atom. The van der Waals surface area contributed by atoms with Gasteiger partial charge < -0.3 is 4.74 Å². The Balaban J connectivity index is 1.87. The highest BCUT2D eigenvalue weighted by molar-refractivity contribution is 6.17. The predicted molar refractivity (Wildman–Crippen MR) is 89.0 cm³/mol. The van der Waals surface area contributed by atoms with Crippen LogP contribution in [0.4, 0.5) is 0 Å². The molecular weight excluding hydrogens is 280 g/mol. The first-order valence-corrected chi connectivity index (χ1v) is 7.56. The van der Waals surface area contributed by atoms with Crippen LogP contribution in [-0.2, 0) is 12.5 Å². The van der Waals surface area contributed by atoms with Crippen LogP contribution in [0, 0.1) is 6.92 Å². The van der Waals surface area contributed by atoms with Gasteiger partial charge in [-0.05, 0) is 29.3 Å². The number of aryl methyl sites for hydroxylation is 1. The number of halogens is 1. The van der Waals surface area contributed by atoms with Crippen molar-refractivity contribution >= 4 is 22.4 Å². The summed E-state index contributed by atoms with van der Waals surface area (Å²) >= 11 is 6.00. The lowest BCUT2D eigenvalue weighted by atomic mass is 10.1. The lowest BCUT2D eigenvalue weighted by Crippen LogP contribution is -1.99. The van der Waals surface area contributed by atoms with Gasteiger partial charge in [0.05, 0.1) is 5.88 Å². The number of hydrogen-bond donors (Lipinski definition) is 0.